The number of hydrogen-bond donors (Lipinski definition) is 0. The van der Waals surface area contributed by atoms with Crippen LogP contribution in [0, 0.1) is 0 Å². The molecule has 0 bridgehead atoms. The smallest absolute Gasteiger partial charge is 0.359 e. The van der Waals surface area contributed by atoms with Crippen LogP contribution in [0.25, 0.3) is 0 Å². The average molecular weight is 424 g/mol. The summed E-state index contributed by atoms with van der Waals surface area (Å²) >= 11 is 0. The number of aromatic nitrogens is 4. The monoisotopic (exact) mass is 423 g/mol. The molecule has 8 nitrogen and oxygen atoms in total. The van der Waals surface area contributed by atoms with Gasteiger partial charge in [-0.1, -0.05) is 12.1 Å². The molecule has 2 aromatic heterocycles. The number of benzene rings is 1. The molecule has 164 valence electrons. The first kappa shape index (κ1) is 21.1. The summed E-state index contributed by atoms with van der Waals surface area (Å²) in [5.74, 6) is 0.503. The number of nitrogens with zero attached hydrogens (tertiary/aromatic N) is 5. The topological polar surface area (TPSA) is 74.4 Å². The second-order valence-corrected chi connectivity index (χ2v) is 7.80. The van der Waals surface area contributed by atoms with E-state index in [0.29, 0.717) is 18.8 Å². The molecular formula is C23H29N5O3. The van der Waals surface area contributed by atoms with Crippen LogP contribution in [-0.4, -0.2) is 50.7 Å². The first-order valence-electron chi connectivity index (χ1n) is 10.7. The van der Waals surface area contributed by atoms with Gasteiger partial charge in [-0.15, -0.1) is 0 Å². The highest BCUT2D eigenvalue weighted by atomic mass is 16.5. The molecular weight excluding hydrogens is 394 g/mol. The summed E-state index contributed by atoms with van der Waals surface area (Å²) in [4.78, 5) is 14.9. The summed E-state index contributed by atoms with van der Waals surface area (Å²) in [6.07, 6.45) is 5.60. The Balaban J connectivity index is 1.53. The number of ether oxygens (including phenoxy) is 2. The molecule has 0 atom stereocenters. The summed E-state index contributed by atoms with van der Waals surface area (Å²) in [6, 6.07) is 8.07. The lowest BCUT2D eigenvalue weighted by Crippen LogP contribution is -2.31. The predicted molar refractivity (Wildman–Crippen MR) is 116 cm³/mol. The maximum Gasteiger partial charge on any atom is 0.359 e. The van der Waals surface area contributed by atoms with Crippen molar-refractivity contribution in [2.75, 3.05) is 20.3 Å². The number of carbonyl (C=O) groups excluding carboxylic acids is 1. The summed E-state index contributed by atoms with van der Waals surface area (Å²) in [5, 5.41) is 8.94. The Morgan fingerprint density at radius 1 is 1.19 bits per heavy atom. The second-order valence-electron chi connectivity index (χ2n) is 7.80. The molecule has 0 saturated carbocycles. The summed E-state index contributed by atoms with van der Waals surface area (Å²) in [6.45, 7) is 5.27. The summed E-state index contributed by atoms with van der Waals surface area (Å²) in [7, 11) is 3.59. The van der Waals surface area contributed by atoms with Gasteiger partial charge < -0.3 is 9.47 Å². The van der Waals surface area contributed by atoms with Crippen molar-refractivity contribution in [3.63, 3.8) is 0 Å². The largest absolute Gasteiger partial charge is 0.497 e. The van der Waals surface area contributed by atoms with Gasteiger partial charge in [0.15, 0.2) is 5.69 Å². The van der Waals surface area contributed by atoms with E-state index in [2.05, 4.69) is 27.2 Å². The fraction of sp³-hybridized carbons (Fsp3) is 0.435. The lowest BCUT2D eigenvalue weighted by Gasteiger charge is -2.27. The van der Waals surface area contributed by atoms with Gasteiger partial charge in [-0.05, 0) is 31.0 Å². The molecule has 31 heavy (non-hydrogen) atoms. The fourth-order valence-electron chi connectivity index (χ4n) is 4.07. The fourth-order valence-corrected chi connectivity index (χ4v) is 4.07. The predicted octanol–water partition coefficient (Wildman–Crippen LogP) is 2.60. The molecule has 1 aromatic carbocycles. The molecule has 0 unspecified atom stereocenters. The Morgan fingerprint density at radius 3 is 2.68 bits per heavy atom. The number of hydrogen-bond acceptors (Lipinski definition) is 6. The lowest BCUT2D eigenvalue weighted by molar-refractivity contribution is 0.0515. The number of fused-ring (bicyclic) bond motifs is 1. The van der Waals surface area contributed by atoms with Gasteiger partial charge in [0.2, 0.25) is 0 Å². The first-order valence-corrected chi connectivity index (χ1v) is 10.7. The highest BCUT2D eigenvalue weighted by Crippen LogP contribution is 2.25. The Bertz CT molecular complexity index is 1040. The van der Waals surface area contributed by atoms with E-state index in [1.807, 2.05) is 47.9 Å². The van der Waals surface area contributed by atoms with Gasteiger partial charge in [0.05, 0.1) is 19.9 Å². The van der Waals surface area contributed by atoms with E-state index in [4.69, 9.17) is 9.47 Å². The van der Waals surface area contributed by atoms with Crippen LogP contribution < -0.4 is 4.74 Å². The minimum atomic E-state index is -0.342. The van der Waals surface area contributed by atoms with Gasteiger partial charge >= 0.3 is 5.97 Å². The maximum absolute atomic E-state index is 12.6. The third-order valence-electron chi connectivity index (χ3n) is 5.62. The Labute approximate surface area is 182 Å². The first-order chi connectivity index (χ1) is 15.1. The summed E-state index contributed by atoms with van der Waals surface area (Å²) < 4.78 is 14.3. The number of esters is 1. The summed E-state index contributed by atoms with van der Waals surface area (Å²) in [5.41, 5.74) is 4.94. The minimum Gasteiger partial charge on any atom is -0.497 e. The second kappa shape index (κ2) is 9.34. The van der Waals surface area contributed by atoms with Crippen molar-refractivity contribution in [2.45, 2.75) is 39.4 Å². The van der Waals surface area contributed by atoms with Crippen molar-refractivity contribution >= 4 is 5.97 Å². The zero-order chi connectivity index (χ0) is 21.8. The van der Waals surface area contributed by atoms with Crippen LogP contribution >= 0.6 is 0 Å². The number of aryl methyl sites for hydroxylation is 3. The SMILES string of the molecule is CCOC(=O)c1nn(CCc2ccc(OC)cc2)c2c1CN(Cc1cnn(C)c1)CC2. The van der Waals surface area contributed by atoms with Crippen molar-refractivity contribution in [3.8, 4) is 5.75 Å². The van der Waals surface area contributed by atoms with Crippen molar-refractivity contribution < 1.29 is 14.3 Å². The van der Waals surface area contributed by atoms with Crippen LogP contribution in [-0.2, 0) is 44.3 Å². The van der Waals surface area contributed by atoms with Crippen LogP contribution in [0.3, 0.4) is 0 Å². The van der Waals surface area contributed by atoms with Gasteiger partial charge in [-0.25, -0.2) is 4.79 Å². The van der Waals surface area contributed by atoms with Gasteiger partial charge in [-0.3, -0.25) is 14.3 Å². The molecule has 1 aliphatic rings. The maximum atomic E-state index is 12.6. The van der Waals surface area contributed by atoms with Gasteiger partial charge in [0, 0.05) is 62.7 Å². The van der Waals surface area contributed by atoms with Crippen LogP contribution in [0.4, 0.5) is 0 Å². The standard InChI is InChI=1S/C23H29N5O3/c1-4-31-23(29)22-20-16-27(15-18-13-24-26(2)14-18)11-10-21(20)28(25-22)12-9-17-5-7-19(30-3)8-6-17/h5-8,13-14H,4,9-12,15-16H2,1-3H3. The van der Waals surface area contributed by atoms with Crippen LogP contribution in [0.2, 0.25) is 0 Å². The zero-order valence-corrected chi connectivity index (χ0v) is 18.4. The van der Waals surface area contributed by atoms with Gasteiger partial charge in [0.25, 0.3) is 0 Å². The van der Waals surface area contributed by atoms with Crippen LogP contribution in [0.5, 0.6) is 5.75 Å². The average Bonchev–Trinajstić information content (AvgIpc) is 3.35. The van der Waals surface area contributed by atoms with Crippen molar-refractivity contribution in [1.82, 2.24) is 24.5 Å². The van der Waals surface area contributed by atoms with E-state index in [-0.39, 0.29) is 5.97 Å². The van der Waals surface area contributed by atoms with E-state index in [9.17, 15) is 4.79 Å². The highest BCUT2D eigenvalue weighted by molar-refractivity contribution is 5.89. The molecule has 3 aromatic rings. The van der Waals surface area contributed by atoms with Crippen molar-refractivity contribution in [2.24, 2.45) is 7.05 Å². The molecule has 0 N–H and O–H groups in total. The lowest BCUT2D eigenvalue weighted by atomic mass is 10.0. The molecule has 0 aliphatic carbocycles. The van der Waals surface area contributed by atoms with Crippen molar-refractivity contribution in [3.05, 3.63) is 64.7 Å². The molecule has 4 rings (SSSR count). The van der Waals surface area contributed by atoms with Crippen LogP contribution in [0.15, 0.2) is 36.7 Å². The number of rotatable bonds is 8. The molecule has 8 heteroatoms. The molecule has 1 aliphatic heterocycles. The molecule has 3 heterocycles. The van der Waals surface area contributed by atoms with E-state index >= 15 is 0 Å². The van der Waals surface area contributed by atoms with E-state index in [1.165, 1.54) is 5.56 Å². The van der Waals surface area contributed by atoms with Gasteiger partial charge in [0.1, 0.15) is 5.75 Å². The van der Waals surface area contributed by atoms with Crippen molar-refractivity contribution in [1.29, 1.82) is 0 Å². The molecule has 0 spiro atoms. The third-order valence-corrected chi connectivity index (χ3v) is 5.62. The Morgan fingerprint density at radius 2 is 2.00 bits per heavy atom. The Kier molecular flexibility index (Phi) is 6.36. The quantitative estimate of drug-likeness (QED) is 0.519. The molecule has 0 radical (unpaired) electrons. The van der Waals surface area contributed by atoms with E-state index < -0.39 is 0 Å². The number of carbonyl (C=O) groups is 1. The zero-order valence-electron chi connectivity index (χ0n) is 18.4. The molecule has 0 fully saturated rings. The highest BCUT2D eigenvalue weighted by Gasteiger charge is 2.29. The van der Waals surface area contributed by atoms with Crippen LogP contribution in [0.1, 0.15) is 39.8 Å². The minimum absolute atomic E-state index is 0.339. The van der Waals surface area contributed by atoms with Gasteiger partial charge in [-0.2, -0.15) is 10.2 Å². The Hall–Kier alpha value is -3.13. The normalized spacial score (nSPS) is 13.8. The third kappa shape index (κ3) is 4.80. The molecule has 0 saturated heterocycles. The number of methoxy groups -OCH3 is 1. The van der Waals surface area contributed by atoms with E-state index in [0.717, 1.165) is 55.0 Å². The van der Waals surface area contributed by atoms with E-state index in [1.54, 1.807) is 7.11 Å². The molecule has 0 amide bonds.